The zero-order valence-corrected chi connectivity index (χ0v) is 10.3. The van der Waals surface area contributed by atoms with Gasteiger partial charge in [0.2, 0.25) is 0 Å². The fraction of sp³-hybridized carbons (Fsp3) is 0.818. The van der Waals surface area contributed by atoms with Gasteiger partial charge in [0.05, 0.1) is 17.9 Å². The molecule has 0 aliphatic carbocycles. The van der Waals surface area contributed by atoms with Gasteiger partial charge in [0, 0.05) is 13.1 Å². The summed E-state index contributed by atoms with van der Waals surface area (Å²) in [6.45, 7) is 8.92. The molecule has 1 fully saturated rings. The van der Waals surface area contributed by atoms with Gasteiger partial charge in [-0.05, 0) is 27.7 Å². The number of fused-ring (bicyclic) bond motifs is 1. The van der Waals surface area contributed by atoms with Crippen LogP contribution in [0.25, 0.3) is 0 Å². The zero-order chi connectivity index (χ0) is 11.9. The summed E-state index contributed by atoms with van der Waals surface area (Å²) < 4.78 is 5.32. The van der Waals surface area contributed by atoms with Crippen molar-refractivity contribution in [2.45, 2.75) is 45.4 Å². The van der Waals surface area contributed by atoms with E-state index >= 15 is 0 Å². The van der Waals surface area contributed by atoms with Crippen molar-refractivity contribution >= 4 is 11.9 Å². The molecule has 2 aliphatic heterocycles. The Kier molecular flexibility index (Phi) is 2.56. The number of hydrogen-bond acceptors (Lipinski definition) is 4. The van der Waals surface area contributed by atoms with Crippen LogP contribution in [0.2, 0.25) is 0 Å². The lowest BCUT2D eigenvalue weighted by Crippen LogP contribution is -2.38. The van der Waals surface area contributed by atoms with Crippen LogP contribution in [0.3, 0.4) is 0 Å². The van der Waals surface area contributed by atoms with Crippen molar-refractivity contribution in [3.63, 3.8) is 0 Å². The number of amides is 1. The molecule has 2 unspecified atom stereocenters. The van der Waals surface area contributed by atoms with Gasteiger partial charge in [-0.15, -0.1) is 0 Å². The second-order valence-corrected chi connectivity index (χ2v) is 5.42. The number of carbonyl (C=O) groups is 1. The quantitative estimate of drug-likeness (QED) is 0.669. The third-order valence-corrected chi connectivity index (χ3v) is 2.69. The number of hydrogen-bond donors (Lipinski definition) is 1. The van der Waals surface area contributed by atoms with E-state index in [1.165, 1.54) is 0 Å². The van der Waals surface area contributed by atoms with E-state index in [9.17, 15) is 4.79 Å². The Balaban J connectivity index is 1.93. The Bertz CT molecular complexity index is 333. The van der Waals surface area contributed by atoms with E-state index in [1.54, 1.807) is 4.90 Å². The molecular weight excluding hydrogens is 206 g/mol. The Labute approximate surface area is 95.9 Å². The summed E-state index contributed by atoms with van der Waals surface area (Å²) in [5, 5.41) is 3.26. The topological polar surface area (TPSA) is 53.9 Å². The van der Waals surface area contributed by atoms with Crippen LogP contribution in [0, 0.1) is 0 Å². The molecule has 90 valence electrons. The van der Waals surface area contributed by atoms with Crippen LogP contribution in [0.1, 0.15) is 27.7 Å². The predicted octanol–water partition coefficient (Wildman–Crippen LogP) is 0.996. The molecule has 0 bridgehead atoms. The van der Waals surface area contributed by atoms with E-state index < -0.39 is 5.60 Å². The number of ether oxygens (including phenoxy) is 1. The zero-order valence-electron chi connectivity index (χ0n) is 10.3. The summed E-state index contributed by atoms with van der Waals surface area (Å²) >= 11 is 0. The summed E-state index contributed by atoms with van der Waals surface area (Å²) in [4.78, 5) is 18.0. The van der Waals surface area contributed by atoms with Crippen LogP contribution in [0.5, 0.6) is 0 Å². The van der Waals surface area contributed by atoms with Crippen LogP contribution in [-0.4, -0.2) is 47.6 Å². The number of nitrogens with one attached hydrogen (secondary N) is 1. The highest BCUT2D eigenvalue weighted by Gasteiger charge is 2.39. The summed E-state index contributed by atoms with van der Waals surface area (Å²) in [5.41, 5.74) is -0.429. The SMILES string of the molecule is CC1=NC2CN(C(=O)OC(C)(C)C)CC2N1. The van der Waals surface area contributed by atoms with Crippen LogP contribution in [-0.2, 0) is 4.74 Å². The summed E-state index contributed by atoms with van der Waals surface area (Å²) in [6.07, 6.45) is -0.239. The van der Waals surface area contributed by atoms with Crippen molar-refractivity contribution in [2.24, 2.45) is 4.99 Å². The van der Waals surface area contributed by atoms with Crippen LogP contribution < -0.4 is 5.32 Å². The number of rotatable bonds is 0. The Morgan fingerprint density at radius 3 is 2.75 bits per heavy atom. The standard InChI is InChI=1S/C11H19N3O2/c1-7-12-8-5-14(6-9(8)13-7)10(15)16-11(2,3)4/h8-9H,5-6H2,1-4H3,(H,12,13). The first-order valence-corrected chi connectivity index (χ1v) is 5.64. The molecule has 0 radical (unpaired) electrons. The first kappa shape index (κ1) is 11.2. The van der Waals surface area contributed by atoms with Crippen molar-refractivity contribution in [1.82, 2.24) is 10.2 Å². The van der Waals surface area contributed by atoms with Gasteiger partial charge < -0.3 is 15.0 Å². The molecule has 0 aromatic rings. The molecule has 5 heteroatoms. The maximum Gasteiger partial charge on any atom is 0.410 e. The Morgan fingerprint density at radius 2 is 2.19 bits per heavy atom. The van der Waals surface area contributed by atoms with Crippen molar-refractivity contribution < 1.29 is 9.53 Å². The number of aliphatic imine (C=N–C) groups is 1. The Hall–Kier alpha value is -1.26. The van der Waals surface area contributed by atoms with Crippen molar-refractivity contribution in [1.29, 1.82) is 0 Å². The smallest absolute Gasteiger partial charge is 0.410 e. The minimum absolute atomic E-state index is 0.201. The third-order valence-electron chi connectivity index (χ3n) is 2.69. The number of carbonyl (C=O) groups excluding carboxylic acids is 1. The molecule has 2 rings (SSSR count). The molecule has 1 N–H and O–H groups in total. The van der Waals surface area contributed by atoms with Gasteiger partial charge in [-0.25, -0.2) is 4.79 Å². The average Bonchev–Trinajstić information content (AvgIpc) is 2.56. The lowest BCUT2D eigenvalue weighted by Gasteiger charge is -2.24. The largest absolute Gasteiger partial charge is 0.444 e. The third kappa shape index (κ3) is 2.28. The fourth-order valence-corrected chi connectivity index (χ4v) is 2.09. The maximum absolute atomic E-state index is 11.8. The summed E-state index contributed by atoms with van der Waals surface area (Å²) in [6, 6.07) is 0.472. The van der Waals surface area contributed by atoms with E-state index in [1.807, 2.05) is 27.7 Å². The van der Waals surface area contributed by atoms with E-state index in [4.69, 9.17) is 4.74 Å². The molecule has 0 aromatic carbocycles. The monoisotopic (exact) mass is 225 g/mol. The maximum atomic E-state index is 11.8. The minimum atomic E-state index is -0.429. The highest BCUT2D eigenvalue weighted by Crippen LogP contribution is 2.20. The Morgan fingerprint density at radius 1 is 1.50 bits per heavy atom. The second kappa shape index (κ2) is 3.64. The molecule has 1 amide bonds. The second-order valence-electron chi connectivity index (χ2n) is 5.42. The van der Waals surface area contributed by atoms with Crippen LogP contribution in [0.4, 0.5) is 4.79 Å². The number of amidine groups is 1. The summed E-state index contributed by atoms with van der Waals surface area (Å²) in [7, 11) is 0. The average molecular weight is 225 g/mol. The van der Waals surface area contributed by atoms with E-state index in [2.05, 4.69) is 10.3 Å². The van der Waals surface area contributed by atoms with Gasteiger partial charge in [0.25, 0.3) is 0 Å². The molecule has 2 heterocycles. The first-order chi connectivity index (χ1) is 7.35. The molecular formula is C11H19N3O2. The van der Waals surface area contributed by atoms with Gasteiger partial charge >= 0.3 is 6.09 Å². The molecule has 1 saturated heterocycles. The van der Waals surface area contributed by atoms with E-state index in [-0.39, 0.29) is 18.2 Å². The first-order valence-electron chi connectivity index (χ1n) is 5.64. The van der Waals surface area contributed by atoms with Gasteiger partial charge in [0.1, 0.15) is 5.60 Å². The van der Waals surface area contributed by atoms with Gasteiger partial charge in [-0.3, -0.25) is 4.99 Å². The molecule has 0 saturated carbocycles. The van der Waals surface area contributed by atoms with Gasteiger partial charge in [-0.1, -0.05) is 0 Å². The van der Waals surface area contributed by atoms with E-state index in [0.717, 1.165) is 5.84 Å². The van der Waals surface area contributed by atoms with Crippen LogP contribution in [0.15, 0.2) is 4.99 Å². The molecule has 5 nitrogen and oxygen atoms in total. The lowest BCUT2D eigenvalue weighted by atomic mass is 10.2. The minimum Gasteiger partial charge on any atom is -0.444 e. The van der Waals surface area contributed by atoms with Gasteiger partial charge in [-0.2, -0.15) is 0 Å². The highest BCUT2D eigenvalue weighted by molar-refractivity contribution is 5.82. The fourth-order valence-electron chi connectivity index (χ4n) is 2.09. The van der Waals surface area contributed by atoms with Crippen molar-refractivity contribution in [3.8, 4) is 0 Å². The molecule has 0 spiro atoms. The molecule has 16 heavy (non-hydrogen) atoms. The summed E-state index contributed by atoms with van der Waals surface area (Å²) in [5.74, 6) is 0.971. The van der Waals surface area contributed by atoms with E-state index in [0.29, 0.717) is 13.1 Å². The molecule has 0 aromatic heterocycles. The predicted molar refractivity (Wildman–Crippen MR) is 61.6 cm³/mol. The number of nitrogens with zero attached hydrogens (tertiary/aromatic N) is 2. The van der Waals surface area contributed by atoms with Crippen molar-refractivity contribution in [2.75, 3.05) is 13.1 Å². The molecule has 2 atom stereocenters. The van der Waals surface area contributed by atoms with Crippen LogP contribution >= 0.6 is 0 Å². The van der Waals surface area contributed by atoms with Crippen molar-refractivity contribution in [3.05, 3.63) is 0 Å². The van der Waals surface area contributed by atoms with Gasteiger partial charge in [0.15, 0.2) is 0 Å². The normalized spacial score (nSPS) is 28.5. The number of likely N-dealkylation sites (tertiary alicyclic amines) is 1. The molecule has 2 aliphatic rings. The lowest BCUT2D eigenvalue weighted by molar-refractivity contribution is 0.0289. The highest BCUT2D eigenvalue weighted by atomic mass is 16.6.